The molecule has 0 radical (unpaired) electrons. The van der Waals surface area contributed by atoms with Gasteiger partial charge in [0.25, 0.3) is 11.8 Å². The first-order valence-corrected chi connectivity index (χ1v) is 9.24. The Hall–Kier alpha value is -2.62. The Morgan fingerprint density at radius 1 is 1.30 bits per heavy atom. The van der Waals surface area contributed by atoms with Crippen LogP contribution in [-0.2, 0) is 19.1 Å². The molecule has 1 aromatic rings. The van der Waals surface area contributed by atoms with E-state index in [0.29, 0.717) is 17.2 Å². The van der Waals surface area contributed by atoms with Gasteiger partial charge in [0.2, 0.25) is 0 Å². The minimum atomic E-state index is -1.07. The van der Waals surface area contributed by atoms with Crippen LogP contribution in [0.5, 0.6) is 0 Å². The van der Waals surface area contributed by atoms with Gasteiger partial charge in [-0.15, -0.1) is 11.8 Å². The lowest BCUT2D eigenvalue weighted by atomic mass is 10.00. The number of esters is 1. The van der Waals surface area contributed by atoms with E-state index in [2.05, 4.69) is 10.7 Å². The minimum absolute atomic E-state index is 0.0480. The van der Waals surface area contributed by atoms with Gasteiger partial charge < -0.3 is 10.1 Å². The van der Waals surface area contributed by atoms with Crippen LogP contribution in [0, 0.1) is 5.82 Å². The number of imide groups is 1. The summed E-state index contributed by atoms with van der Waals surface area (Å²) in [5.41, 5.74) is 1.05. The Morgan fingerprint density at radius 2 is 1.96 bits per heavy atom. The van der Waals surface area contributed by atoms with Crippen molar-refractivity contribution >= 4 is 35.6 Å². The molecule has 1 aromatic carbocycles. The third-order valence-electron chi connectivity index (χ3n) is 3.96. The summed E-state index contributed by atoms with van der Waals surface area (Å²) >= 11 is 1.35. The standard InChI is InChI=1S/C17H20FN3O5S/c1-3-17(2)15(24)21(16(25)19-17)20-13(22)10-26-14(23)8-9-27-12-6-4-11(18)5-7-12/h4-7H,3,8-10H2,1-2H3,(H,19,25)(H,20,22). The third-order valence-corrected chi connectivity index (χ3v) is 4.97. The van der Waals surface area contributed by atoms with Gasteiger partial charge >= 0.3 is 12.0 Å². The summed E-state index contributed by atoms with van der Waals surface area (Å²) in [6, 6.07) is 5.11. The number of hydrazine groups is 1. The number of ether oxygens (including phenoxy) is 1. The van der Waals surface area contributed by atoms with Crippen molar-refractivity contribution in [3.63, 3.8) is 0 Å². The molecule has 146 valence electrons. The van der Waals surface area contributed by atoms with Crippen LogP contribution in [0.25, 0.3) is 0 Å². The van der Waals surface area contributed by atoms with Crippen LogP contribution in [-0.4, -0.2) is 46.7 Å². The molecule has 1 atom stereocenters. The Morgan fingerprint density at radius 3 is 2.56 bits per heavy atom. The number of thioether (sulfide) groups is 1. The predicted octanol–water partition coefficient (Wildman–Crippen LogP) is 1.60. The van der Waals surface area contributed by atoms with E-state index in [-0.39, 0.29) is 12.2 Å². The van der Waals surface area contributed by atoms with Gasteiger partial charge in [-0.25, -0.2) is 9.18 Å². The summed E-state index contributed by atoms with van der Waals surface area (Å²) in [5, 5.41) is 3.07. The molecule has 0 bridgehead atoms. The molecule has 0 spiro atoms. The van der Waals surface area contributed by atoms with E-state index >= 15 is 0 Å². The molecule has 0 saturated carbocycles. The summed E-state index contributed by atoms with van der Waals surface area (Å²) in [4.78, 5) is 48.2. The van der Waals surface area contributed by atoms with E-state index in [0.717, 1.165) is 4.90 Å². The van der Waals surface area contributed by atoms with Crippen LogP contribution >= 0.6 is 11.8 Å². The van der Waals surface area contributed by atoms with Gasteiger partial charge in [-0.05, 0) is 37.6 Å². The maximum Gasteiger partial charge on any atom is 0.344 e. The summed E-state index contributed by atoms with van der Waals surface area (Å²) in [6.07, 6.45) is 0.414. The molecule has 1 fully saturated rings. The zero-order valence-corrected chi connectivity index (χ0v) is 15.7. The second kappa shape index (κ2) is 8.85. The van der Waals surface area contributed by atoms with Crippen LogP contribution in [0.4, 0.5) is 9.18 Å². The first kappa shape index (κ1) is 20.7. The summed E-state index contributed by atoms with van der Waals surface area (Å²) in [5.74, 6) is -1.91. The molecule has 10 heteroatoms. The number of carbonyl (C=O) groups excluding carboxylic acids is 4. The molecule has 4 amide bonds. The van der Waals surface area contributed by atoms with Crippen molar-refractivity contribution in [3.05, 3.63) is 30.1 Å². The molecule has 1 unspecified atom stereocenters. The quantitative estimate of drug-likeness (QED) is 0.392. The lowest BCUT2D eigenvalue weighted by Crippen LogP contribution is -2.49. The number of rotatable bonds is 8. The smallest absolute Gasteiger partial charge is 0.344 e. The number of hydrogen-bond acceptors (Lipinski definition) is 6. The van der Waals surface area contributed by atoms with Crippen molar-refractivity contribution in [2.75, 3.05) is 12.4 Å². The molecule has 1 aliphatic heterocycles. The average Bonchev–Trinajstić information content (AvgIpc) is 2.85. The van der Waals surface area contributed by atoms with E-state index < -0.39 is 36.0 Å². The highest BCUT2D eigenvalue weighted by atomic mass is 32.2. The Balaban J connectivity index is 1.70. The van der Waals surface area contributed by atoms with Gasteiger partial charge in [0.05, 0.1) is 6.42 Å². The highest BCUT2D eigenvalue weighted by Gasteiger charge is 2.47. The topological polar surface area (TPSA) is 105 Å². The molecule has 8 nitrogen and oxygen atoms in total. The molecular formula is C17H20FN3O5S. The van der Waals surface area contributed by atoms with E-state index in [4.69, 9.17) is 4.74 Å². The number of urea groups is 1. The number of nitrogens with zero attached hydrogens (tertiary/aromatic N) is 1. The highest BCUT2D eigenvalue weighted by molar-refractivity contribution is 7.99. The van der Waals surface area contributed by atoms with E-state index in [9.17, 15) is 23.6 Å². The van der Waals surface area contributed by atoms with Crippen molar-refractivity contribution in [1.29, 1.82) is 0 Å². The lowest BCUT2D eigenvalue weighted by molar-refractivity contribution is -0.150. The molecular weight excluding hydrogens is 377 g/mol. The van der Waals surface area contributed by atoms with Crippen LogP contribution in [0.1, 0.15) is 26.7 Å². The SMILES string of the molecule is CCC1(C)NC(=O)N(NC(=O)COC(=O)CCSc2ccc(F)cc2)C1=O. The van der Waals surface area contributed by atoms with Crippen molar-refractivity contribution in [1.82, 2.24) is 15.8 Å². The van der Waals surface area contributed by atoms with Gasteiger partial charge in [-0.3, -0.25) is 19.8 Å². The zero-order valence-electron chi connectivity index (χ0n) is 14.9. The molecule has 0 aliphatic carbocycles. The van der Waals surface area contributed by atoms with Gasteiger partial charge in [-0.1, -0.05) is 6.92 Å². The minimum Gasteiger partial charge on any atom is -0.455 e. The Kier molecular flexibility index (Phi) is 6.78. The molecule has 0 aromatic heterocycles. The fourth-order valence-corrected chi connectivity index (χ4v) is 3.02. The predicted molar refractivity (Wildman–Crippen MR) is 94.9 cm³/mol. The monoisotopic (exact) mass is 397 g/mol. The van der Waals surface area contributed by atoms with E-state index in [1.165, 1.54) is 23.9 Å². The van der Waals surface area contributed by atoms with Gasteiger partial charge in [0.15, 0.2) is 6.61 Å². The van der Waals surface area contributed by atoms with Gasteiger partial charge in [0.1, 0.15) is 11.4 Å². The zero-order chi connectivity index (χ0) is 20.0. The third kappa shape index (κ3) is 5.43. The summed E-state index contributed by atoms with van der Waals surface area (Å²) in [7, 11) is 0. The van der Waals surface area contributed by atoms with E-state index in [1.54, 1.807) is 26.0 Å². The largest absolute Gasteiger partial charge is 0.455 e. The molecule has 1 aliphatic rings. The van der Waals surface area contributed by atoms with Crippen LogP contribution in [0.2, 0.25) is 0 Å². The van der Waals surface area contributed by atoms with Crippen molar-refractivity contribution in [2.24, 2.45) is 0 Å². The second-order valence-corrected chi connectivity index (χ2v) is 7.17. The maximum absolute atomic E-state index is 12.8. The first-order chi connectivity index (χ1) is 12.7. The Labute approximate surface area is 159 Å². The molecule has 1 heterocycles. The number of amides is 4. The van der Waals surface area contributed by atoms with E-state index in [1.807, 2.05) is 0 Å². The summed E-state index contributed by atoms with van der Waals surface area (Å²) in [6.45, 7) is 2.67. The fourth-order valence-electron chi connectivity index (χ4n) is 2.18. The number of benzene rings is 1. The molecule has 27 heavy (non-hydrogen) atoms. The maximum atomic E-state index is 12.8. The van der Waals surface area contributed by atoms with Crippen LogP contribution in [0.15, 0.2) is 29.2 Å². The average molecular weight is 397 g/mol. The van der Waals surface area contributed by atoms with Gasteiger partial charge in [0, 0.05) is 10.6 Å². The fraction of sp³-hybridized carbons (Fsp3) is 0.412. The second-order valence-electron chi connectivity index (χ2n) is 6.00. The Bertz CT molecular complexity index is 743. The number of carbonyl (C=O) groups is 4. The van der Waals surface area contributed by atoms with Crippen molar-refractivity contribution in [3.8, 4) is 0 Å². The molecule has 2 rings (SSSR count). The van der Waals surface area contributed by atoms with Crippen LogP contribution < -0.4 is 10.7 Å². The summed E-state index contributed by atoms with van der Waals surface area (Å²) < 4.78 is 17.6. The van der Waals surface area contributed by atoms with Crippen LogP contribution in [0.3, 0.4) is 0 Å². The number of nitrogens with one attached hydrogen (secondary N) is 2. The first-order valence-electron chi connectivity index (χ1n) is 8.25. The van der Waals surface area contributed by atoms with Gasteiger partial charge in [-0.2, -0.15) is 5.01 Å². The molecule has 1 saturated heterocycles. The molecule has 2 N–H and O–H groups in total. The number of hydrogen-bond donors (Lipinski definition) is 2. The van der Waals surface area contributed by atoms with Crippen molar-refractivity contribution < 1.29 is 28.3 Å². The van der Waals surface area contributed by atoms with Crippen molar-refractivity contribution in [2.45, 2.75) is 37.1 Å². The normalized spacial score (nSPS) is 19.0. The highest BCUT2D eigenvalue weighted by Crippen LogP contribution is 2.20. The lowest BCUT2D eigenvalue weighted by Gasteiger charge is -2.19. The number of halogens is 1.